The molecule has 0 rings (SSSR count). The molecule has 44 valence electrons. The second kappa shape index (κ2) is 2.85. The molecule has 0 aromatic carbocycles. The summed E-state index contributed by atoms with van der Waals surface area (Å²) in [5.41, 5.74) is 9.81. The van der Waals surface area contributed by atoms with Crippen molar-refractivity contribution in [1.82, 2.24) is 0 Å². The standard InChI is InChI=1S/C5H8N2O/c1-2-3-4(6)5(7)8/h2-3H,1,6H2,(H2,7,8)/b4-3-. The summed E-state index contributed by atoms with van der Waals surface area (Å²) >= 11 is 0. The number of amides is 1. The molecule has 0 heterocycles. The Bertz CT molecular complexity index is 137. The van der Waals surface area contributed by atoms with Crippen LogP contribution in [-0.4, -0.2) is 5.91 Å². The summed E-state index contributed by atoms with van der Waals surface area (Å²) < 4.78 is 0. The number of carbonyl (C=O) groups excluding carboxylic acids is 1. The maximum atomic E-state index is 10.1. The van der Waals surface area contributed by atoms with Crippen LogP contribution >= 0.6 is 0 Å². The SMILES string of the molecule is C=C/C=C(\N)C(N)=O. The van der Waals surface area contributed by atoms with Gasteiger partial charge in [0.1, 0.15) is 0 Å². The molecular formula is C5H8N2O. The Labute approximate surface area is 47.7 Å². The van der Waals surface area contributed by atoms with E-state index in [-0.39, 0.29) is 5.70 Å². The van der Waals surface area contributed by atoms with Gasteiger partial charge in [-0.25, -0.2) is 0 Å². The molecule has 0 aliphatic carbocycles. The highest BCUT2D eigenvalue weighted by Gasteiger charge is 1.92. The molecule has 0 saturated carbocycles. The monoisotopic (exact) mass is 112 g/mol. The van der Waals surface area contributed by atoms with Crippen molar-refractivity contribution in [3.63, 3.8) is 0 Å². The minimum absolute atomic E-state index is 0.0278. The van der Waals surface area contributed by atoms with E-state index in [1.165, 1.54) is 12.2 Å². The lowest BCUT2D eigenvalue weighted by atomic mass is 10.4. The van der Waals surface area contributed by atoms with Crippen molar-refractivity contribution in [2.75, 3.05) is 0 Å². The molecule has 0 unspecified atom stereocenters. The van der Waals surface area contributed by atoms with E-state index in [1.807, 2.05) is 0 Å². The van der Waals surface area contributed by atoms with Gasteiger partial charge < -0.3 is 11.5 Å². The van der Waals surface area contributed by atoms with Gasteiger partial charge in [-0.1, -0.05) is 12.7 Å². The lowest BCUT2D eigenvalue weighted by molar-refractivity contribution is -0.114. The predicted octanol–water partition coefficient (Wildman–Crippen LogP) is -0.500. The van der Waals surface area contributed by atoms with Crippen molar-refractivity contribution in [3.8, 4) is 0 Å². The van der Waals surface area contributed by atoms with E-state index in [4.69, 9.17) is 11.5 Å². The lowest BCUT2D eigenvalue weighted by Crippen LogP contribution is -2.19. The van der Waals surface area contributed by atoms with E-state index in [2.05, 4.69) is 6.58 Å². The molecule has 0 radical (unpaired) electrons. The van der Waals surface area contributed by atoms with E-state index < -0.39 is 5.91 Å². The second-order valence-electron chi connectivity index (χ2n) is 1.22. The highest BCUT2D eigenvalue weighted by molar-refractivity contribution is 5.91. The number of allylic oxidation sites excluding steroid dienone is 2. The highest BCUT2D eigenvalue weighted by Crippen LogP contribution is 1.78. The van der Waals surface area contributed by atoms with Crippen LogP contribution < -0.4 is 11.5 Å². The average Bonchev–Trinajstić information content (AvgIpc) is 1.67. The Kier molecular flexibility index (Phi) is 2.40. The first-order valence-corrected chi connectivity index (χ1v) is 2.06. The topological polar surface area (TPSA) is 69.1 Å². The summed E-state index contributed by atoms with van der Waals surface area (Å²) in [4.78, 5) is 10.1. The van der Waals surface area contributed by atoms with Gasteiger partial charge in [0, 0.05) is 0 Å². The van der Waals surface area contributed by atoms with Gasteiger partial charge in [-0.2, -0.15) is 0 Å². The summed E-state index contributed by atoms with van der Waals surface area (Å²) in [5.74, 6) is -0.620. The van der Waals surface area contributed by atoms with Crippen LogP contribution in [0.4, 0.5) is 0 Å². The third-order valence-corrected chi connectivity index (χ3v) is 0.582. The van der Waals surface area contributed by atoms with Crippen LogP contribution in [0.3, 0.4) is 0 Å². The van der Waals surface area contributed by atoms with Gasteiger partial charge >= 0.3 is 0 Å². The Balaban J connectivity index is 3.99. The van der Waals surface area contributed by atoms with Gasteiger partial charge in [0.05, 0.1) is 5.70 Å². The lowest BCUT2D eigenvalue weighted by Gasteiger charge is -1.87. The maximum absolute atomic E-state index is 10.1. The van der Waals surface area contributed by atoms with Crippen LogP contribution in [0.5, 0.6) is 0 Å². The molecule has 0 aliphatic heterocycles. The molecule has 0 spiro atoms. The van der Waals surface area contributed by atoms with Gasteiger partial charge in [0.2, 0.25) is 0 Å². The number of primary amides is 1. The Morgan fingerprint density at radius 1 is 1.50 bits per heavy atom. The van der Waals surface area contributed by atoms with Gasteiger partial charge in [-0.3, -0.25) is 4.79 Å². The van der Waals surface area contributed by atoms with Gasteiger partial charge in [0.15, 0.2) is 0 Å². The van der Waals surface area contributed by atoms with Crippen LogP contribution in [0, 0.1) is 0 Å². The molecule has 0 aromatic rings. The fourth-order valence-electron chi connectivity index (χ4n) is 0.209. The van der Waals surface area contributed by atoms with Gasteiger partial charge in [-0.05, 0) is 6.08 Å². The minimum atomic E-state index is -0.620. The maximum Gasteiger partial charge on any atom is 0.264 e. The van der Waals surface area contributed by atoms with Crippen LogP contribution in [0.25, 0.3) is 0 Å². The molecule has 3 nitrogen and oxygen atoms in total. The average molecular weight is 112 g/mol. The number of nitrogens with two attached hydrogens (primary N) is 2. The molecule has 0 atom stereocenters. The first-order chi connectivity index (χ1) is 3.68. The van der Waals surface area contributed by atoms with E-state index in [0.29, 0.717) is 0 Å². The summed E-state index contributed by atoms with van der Waals surface area (Å²) in [6, 6.07) is 0. The zero-order valence-corrected chi connectivity index (χ0v) is 4.42. The second-order valence-corrected chi connectivity index (χ2v) is 1.22. The first kappa shape index (κ1) is 6.75. The molecular weight excluding hydrogens is 104 g/mol. The smallest absolute Gasteiger partial charge is 0.264 e. The van der Waals surface area contributed by atoms with E-state index >= 15 is 0 Å². The van der Waals surface area contributed by atoms with Crippen molar-refractivity contribution in [2.24, 2.45) is 11.5 Å². The number of hydrogen-bond acceptors (Lipinski definition) is 2. The van der Waals surface area contributed by atoms with Gasteiger partial charge in [0.25, 0.3) is 5.91 Å². The molecule has 0 saturated heterocycles. The Morgan fingerprint density at radius 2 is 2.00 bits per heavy atom. The molecule has 1 amide bonds. The molecule has 4 N–H and O–H groups in total. The third kappa shape index (κ3) is 2.02. The number of rotatable bonds is 2. The Hall–Kier alpha value is -1.25. The minimum Gasteiger partial charge on any atom is -0.394 e. The van der Waals surface area contributed by atoms with E-state index in [9.17, 15) is 4.79 Å². The molecule has 8 heavy (non-hydrogen) atoms. The number of hydrogen-bond donors (Lipinski definition) is 2. The quantitative estimate of drug-likeness (QED) is 0.373. The number of carbonyl (C=O) groups is 1. The van der Waals surface area contributed by atoms with Crippen molar-refractivity contribution in [3.05, 3.63) is 24.4 Å². The molecule has 0 aromatic heterocycles. The first-order valence-electron chi connectivity index (χ1n) is 2.06. The van der Waals surface area contributed by atoms with Crippen LogP contribution in [-0.2, 0) is 4.79 Å². The zero-order chi connectivity index (χ0) is 6.57. The molecule has 0 aliphatic rings. The van der Waals surface area contributed by atoms with E-state index in [1.54, 1.807) is 0 Å². The fraction of sp³-hybridized carbons (Fsp3) is 0. The summed E-state index contributed by atoms with van der Waals surface area (Å²) in [6.45, 7) is 3.32. The molecule has 3 heteroatoms. The van der Waals surface area contributed by atoms with E-state index in [0.717, 1.165) is 0 Å². The third-order valence-electron chi connectivity index (χ3n) is 0.582. The van der Waals surface area contributed by atoms with Crippen molar-refractivity contribution in [1.29, 1.82) is 0 Å². The molecule has 0 fully saturated rings. The van der Waals surface area contributed by atoms with Crippen LogP contribution in [0.1, 0.15) is 0 Å². The largest absolute Gasteiger partial charge is 0.394 e. The van der Waals surface area contributed by atoms with Crippen molar-refractivity contribution >= 4 is 5.91 Å². The summed E-state index contributed by atoms with van der Waals surface area (Å²) in [6.07, 6.45) is 2.75. The normalized spacial score (nSPS) is 10.8. The van der Waals surface area contributed by atoms with Crippen molar-refractivity contribution in [2.45, 2.75) is 0 Å². The van der Waals surface area contributed by atoms with Crippen LogP contribution in [0.2, 0.25) is 0 Å². The van der Waals surface area contributed by atoms with Gasteiger partial charge in [-0.15, -0.1) is 0 Å². The fourth-order valence-corrected chi connectivity index (χ4v) is 0.209. The van der Waals surface area contributed by atoms with Crippen molar-refractivity contribution < 1.29 is 4.79 Å². The van der Waals surface area contributed by atoms with Crippen LogP contribution in [0.15, 0.2) is 24.4 Å². The molecule has 0 bridgehead atoms. The predicted molar refractivity (Wildman–Crippen MR) is 31.7 cm³/mol. The Morgan fingerprint density at radius 3 is 2.12 bits per heavy atom. The highest BCUT2D eigenvalue weighted by atomic mass is 16.1. The summed E-state index contributed by atoms with van der Waals surface area (Å²) in [5, 5.41) is 0. The summed E-state index contributed by atoms with van der Waals surface area (Å²) in [7, 11) is 0. The zero-order valence-electron chi connectivity index (χ0n) is 4.42.